The second-order valence-corrected chi connectivity index (χ2v) is 6.13. The lowest BCUT2D eigenvalue weighted by molar-refractivity contribution is 0.164. The van der Waals surface area contributed by atoms with Crippen molar-refractivity contribution < 1.29 is 9.90 Å². The predicted octanol–water partition coefficient (Wildman–Crippen LogP) is 2.41. The van der Waals surface area contributed by atoms with Crippen molar-refractivity contribution in [3.63, 3.8) is 0 Å². The Morgan fingerprint density at radius 2 is 2.29 bits per heavy atom. The van der Waals surface area contributed by atoms with E-state index < -0.39 is 5.54 Å². The topological polar surface area (TPSA) is 74.2 Å². The SMILES string of the molecule is Cc1csc(NC(=O)NC2(CO)CCc3ccccc32)n1. The van der Waals surface area contributed by atoms with Gasteiger partial charge in [0.25, 0.3) is 0 Å². The maximum absolute atomic E-state index is 12.2. The van der Waals surface area contributed by atoms with E-state index in [1.807, 2.05) is 36.6 Å². The number of rotatable bonds is 3. The number of fused-ring (bicyclic) bond motifs is 1. The lowest BCUT2D eigenvalue weighted by atomic mass is 9.93. The Balaban J connectivity index is 1.78. The van der Waals surface area contributed by atoms with Gasteiger partial charge in [-0.15, -0.1) is 11.3 Å². The molecule has 5 nitrogen and oxygen atoms in total. The Kier molecular flexibility index (Phi) is 3.65. The first-order valence-corrected chi connectivity index (χ1v) is 7.71. The van der Waals surface area contributed by atoms with Gasteiger partial charge < -0.3 is 10.4 Å². The van der Waals surface area contributed by atoms with E-state index in [0.717, 1.165) is 17.7 Å². The summed E-state index contributed by atoms with van der Waals surface area (Å²) in [7, 11) is 0. The second kappa shape index (κ2) is 5.46. The molecule has 0 saturated heterocycles. The summed E-state index contributed by atoms with van der Waals surface area (Å²) in [5.74, 6) is 0. The van der Waals surface area contributed by atoms with Gasteiger partial charge in [0.2, 0.25) is 0 Å². The molecule has 1 aliphatic rings. The lowest BCUT2D eigenvalue weighted by Gasteiger charge is -2.29. The zero-order valence-electron chi connectivity index (χ0n) is 11.7. The van der Waals surface area contributed by atoms with Gasteiger partial charge >= 0.3 is 6.03 Å². The maximum atomic E-state index is 12.2. The van der Waals surface area contributed by atoms with E-state index in [9.17, 15) is 9.90 Å². The monoisotopic (exact) mass is 303 g/mol. The molecule has 0 aliphatic heterocycles. The fourth-order valence-electron chi connectivity index (χ4n) is 2.78. The van der Waals surface area contributed by atoms with Gasteiger partial charge in [-0.05, 0) is 30.9 Å². The highest BCUT2D eigenvalue weighted by atomic mass is 32.1. The second-order valence-electron chi connectivity index (χ2n) is 5.27. The van der Waals surface area contributed by atoms with Gasteiger partial charge in [0.15, 0.2) is 5.13 Å². The summed E-state index contributed by atoms with van der Waals surface area (Å²) in [5, 5.41) is 17.9. The highest BCUT2D eigenvalue weighted by Crippen LogP contribution is 2.36. The number of aromatic nitrogens is 1. The molecule has 2 amide bonds. The van der Waals surface area contributed by atoms with Crippen LogP contribution in [0.15, 0.2) is 29.6 Å². The number of hydrogen-bond donors (Lipinski definition) is 3. The predicted molar refractivity (Wildman–Crippen MR) is 82.5 cm³/mol. The number of nitrogens with zero attached hydrogens (tertiary/aromatic N) is 1. The summed E-state index contributed by atoms with van der Waals surface area (Å²) in [5.41, 5.74) is 2.35. The molecule has 0 saturated carbocycles. The van der Waals surface area contributed by atoms with Crippen LogP contribution >= 0.6 is 11.3 Å². The Labute approximate surface area is 127 Å². The van der Waals surface area contributed by atoms with Crippen molar-refractivity contribution in [2.75, 3.05) is 11.9 Å². The Morgan fingerprint density at radius 3 is 3.00 bits per heavy atom. The molecule has 0 bridgehead atoms. The third-order valence-electron chi connectivity index (χ3n) is 3.82. The molecule has 110 valence electrons. The molecule has 0 fully saturated rings. The number of carbonyl (C=O) groups is 1. The van der Waals surface area contributed by atoms with Crippen molar-refractivity contribution in [1.82, 2.24) is 10.3 Å². The zero-order valence-corrected chi connectivity index (χ0v) is 12.5. The Morgan fingerprint density at radius 1 is 1.48 bits per heavy atom. The molecule has 1 heterocycles. The molecule has 0 spiro atoms. The van der Waals surface area contributed by atoms with Gasteiger partial charge in [-0.1, -0.05) is 24.3 Å². The highest BCUT2D eigenvalue weighted by molar-refractivity contribution is 7.13. The molecule has 6 heteroatoms. The van der Waals surface area contributed by atoms with Crippen molar-refractivity contribution in [2.45, 2.75) is 25.3 Å². The number of amides is 2. The van der Waals surface area contributed by atoms with E-state index in [-0.39, 0.29) is 12.6 Å². The molecule has 1 aromatic heterocycles. The van der Waals surface area contributed by atoms with Crippen molar-refractivity contribution in [3.8, 4) is 0 Å². The Bertz CT molecular complexity index is 670. The number of hydrogen-bond acceptors (Lipinski definition) is 4. The molecule has 21 heavy (non-hydrogen) atoms. The molecule has 3 rings (SSSR count). The van der Waals surface area contributed by atoms with Crippen LogP contribution in [0.1, 0.15) is 23.2 Å². The van der Waals surface area contributed by atoms with Crippen LogP contribution in [-0.4, -0.2) is 22.7 Å². The van der Waals surface area contributed by atoms with E-state index >= 15 is 0 Å². The number of aryl methyl sites for hydroxylation is 2. The lowest BCUT2D eigenvalue weighted by Crippen LogP contribution is -2.48. The molecule has 3 N–H and O–H groups in total. The van der Waals surface area contributed by atoms with E-state index in [1.54, 1.807) is 0 Å². The van der Waals surface area contributed by atoms with Gasteiger partial charge in [0, 0.05) is 5.38 Å². The van der Waals surface area contributed by atoms with Crippen molar-refractivity contribution >= 4 is 22.5 Å². The van der Waals surface area contributed by atoms with Crippen LogP contribution in [0.25, 0.3) is 0 Å². The van der Waals surface area contributed by atoms with Crippen LogP contribution in [0.5, 0.6) is 0 Å². The van der Waals surface area contributed by atoms with E-state index in [2.05, 4.69) is 15.6 Å². The summed E-state index contributed by atoms with van der Waals surface area (Å²) in [4.78, 5) is 16.4. The summed E-state index contributed by atoms with van der Waals surface area (Å²) < 4.78 is 0. The number of carbonyl (C=O) groups excluding carboxylic acids is 1. The molecular weight excluding hydrogens is 286 g/mol. The van der Waals surface area contributed by atoms with Crippen molar-refractivity contribution in [1.29, 1.82) is 0 Å². The average molecular weight is 303 g/mol. The van der Waals surface area contributed by atoms with Gasteiger partial charge in [-0.25, -0.2) is 9.78 Å². The minimum Gasteiger partial charge on any atom is -0.394 e. The minimum atomic E-state index is -0.701. The van der Waals surface area contributed by atoms with Crippen molar-refractivity contribution in [2.24, 2.45) is 0 Å². The molecule has 1 atom stereocenters. The fourth-order valence-corrected chi connectivity index (χ4v) is 3.46. The number of anilines is 1. The number of aliphatic hydroxyl groups is 1. The summed E-state index contributed by atoms with van der Waals surface area (Å²) >= 11 is 1.38. The first kappa shape index (κ1) is 14.0. The van der Waals surface area contributed by atoms with Crippen molar-refractivity contribution in [3.05, 3.63) is 46.5 Å². The van der Waals surface area contributed by atoms with Gasteiger partial charge in [0.1, 0.15) is 0 Å². The standard InChI is InChI=1S/C15H17N3O2S/c1-10-8-21-14(16-10)17-13(20)18-15(9-19)7-6-11-4-2-3-5-12(11)15/h2-5,8,19H,6-7,9H2,1H3,(H2,16,17,18,20). The molecule has 1 aromatic carbocycles. The number of benzene rings is 1. The third-order valence-corrected chi connectivity index (χ3v) is 4.69. The normalized spacial score (nSPS) is 20.1. The highest BCUT2D eigenvalue weighted by Gasteiger charge is 2.39. The third kappa shape index (κ3) is 2.64. The van der Waals surface area contributed by atoms with Gasteiger partial charge in [0.05, 0.1) is 17.8 Å². The zero-order chi connectivity index (χ0) is 14.9. The Hall–Kier alpha value is -1.92. The first-order valence-electron chi connectivity index (χ1n) is 6.83. The molecular formula is C15H17N3O2S. The number of urea groups is 1. The van der Waals surface area contributed by atoms with Gasteiger partial charge in [-0.3, -0.25) is 5.32 Å². The van der Waals surface area contributed by atoms with Crippen LogP contribution in [-0.2, 0) is 12.0 Å². The minimum absolute atomic E-state index is 0.117. The van der Waals surface area contributed by atoms with E-state index in [1.165, 1.54) is 16.9 Å². The summed E-state index contributed by atoms with van der Waals surface area (Å²) in [6, 6.07) is 7.57. The first-order chi connectivity index (χ1) is 10.1. The maximum Gasteiger partial charge on any atom is 0.321 e. The van der Waals surface area contributed by atoms with E-state index in [4.69, 9.17) is 0 Å². The van der Waals surface area contributed by atoms with Gasteiger partial charge in [-0.2, -0.15) is 0 Å². The summed E-state index contributed by atoms with van der Waals surface area (Å²) in [6.07, 6.45) is 1.56. The number of thiazole rings is 1. The fraction of sp³-hybridized carbons (Fsp3) is 0.333. The van der Waals surface area contributed by atoms with Crippen LogP contribution in [0.2, 0.25) is 0 Å². The van der Waals surface area contributed by atoms with Crippen LogP contribution in [0.3, 0.4) is 0 Å². The smallest absolute Gasteiger partial charge is 0.321 e. The number of nitrogens with one attached hydrogen (secondary N) is 2. The molecule has 0 radical (unpaired) electrons. The van der Waals surface area contributed by atoms with Crippen LogP contribution in [0, 0.1) is 6.92 Å². The van der Waals surface area contributed by atoms with Crippen LogP contribution < -0.4 is 10.6 Å². The van der Waals surface area contributed by atoms with E-state index in [0.29, 0.717) is 11.6 Å². The summed E-state index contributed by atoms with van der Waals surface area (Å²) in [6.45, 7) is 1.76. The number of aliphatic hydroxyl groups excluding tert-OH is 1. The quantitative estimate of drug-likeness (QED) is 0.815. The van der Waals surface area contributed by atoms with Crippen LogP contribution in [0.4, 0.5) is 9.93 Å². The molecule has 1 unspecified atom stereocenters. The largest absolute Gasteiger partial charge is 0.394 e. The molecule has 2 aromatic rings. The molecule has 1 aliphatic carbocycles. The average Bonchev–Trinajstić information content (AvgIpc) is 3.04.